The predicted molar refractivity (Wildman–Crippen MR) is 136 cm³/mol. The molecule has 1 amide bonds. The summed E-state index contributed by atoms with van der Waals surface area (Å²) in [5.41, 5.74) is 5.54. The van der Waals surface area contributed by atoms with Crippen LogP contribution in [0.25, 0.3) is 22.4 Å². The van der Waals surface area contributed by atoms with Crippen molar-refractivity contribution in [2.45, 2.75) is 11.8 Å². The van der Waals surface area contributed by atoms with Gasteiger partial charge < -0.3 is 5.32 Å². The second-order valence-electron chi connectivity index (χ2n) is 7.23. The van der Waals surface area contributed by atoms with E-state index in [2.05, 4.69) is 10.3 Å². The van der Waals surface area contributed by atoms with Gasteiger partial charge in [-0.05, 0) is 90.5 Å². The van der Waals surface area contributed by atoms with Crippen molar-refractivity contribution in [3.63, 3.8) is 0 Å². The van der Waals surface area contributed by atoms with Gasteiger partial charge in [0.2, 0.25) is 0 Å². The Morgan fingerprint density at radius 2 is 1.75 bits per heavy atom. The number of carbonyl (C=O) groups is 1. The second kappa shape index (κ2) is 9.78. The molecule has 1 aromatic heterocycles. The van der Waals surface area contributed by atoms with E-state index in [0.717, 1.165) is 32.8 Å². The second-order valence-corrected chi connectivity index (χ2v) is 8.96. The zero-order chi connectivity index (χ0) is 22.7. The van der Waals surface area contributed by atoms with E-state index in [1.54, 1.807) is 30.1 Å². The average molecular weight is 479 g/mol. The van der Waals surface area contributed by atoms with Gasteiger partial charge in [0.05, 0.1) is 10.7 Å². The number of amides is 1. The molecule has 6 heteroatoms. The molecule has 3 nitrogen and oxygen atoms in total. The molecule has 0 bridgehead atoms. The molecular weight excluding hydrogens is 459 g/mol. The van der Waals surface area contributed by atoms with Crippen LogP contribution in [0.2, 0.25) is 10.0 Å². The standard InChI is InChI=1S/C26H20Cl2N2OS/c1-16-6-7-17(27)13-21(16)22-15-19(32-2)9-10-20(22)26(31)30-18-8-11-24(28)23(14-18)25-5-3-4-12-29-25/h3-15H,1-2H3,(H,30,31). The fourth-order valence-corrected chi connectivity index (χ4v) is 4.30. The number of hydrogen-bond acceptors (Lipinski definition) is 3. The number of benzene rings is 3. The third-order valence-electron chi connectivity index (χ3n) is 5.13. The van der Waals surface area contributed by atoms with Gasteiger partial charge in [0.25, 0.3) is 5.91 Å². The Hall–Kier alpha value is -2.79. The summed E-state index contributed by atoms with van der Waals surface area (Å²) < 4.78 is 0. The highest BCUT2D eigenvalue weighted by Crippen LogP contribution is 2.34. The molecule has 3 aromatic carbocycles. The van der Waals surface area contributed by atoms with E-state index in [0.29, 0.717) is 21.3 Å². The predicted octanol–water partition coefficient (Wildman–Crippen LogP) is 8.01. The van der Waals surface area contributed by atoms with Crippen LogP contribution in [0.1, 0.15) is 15.9 Å². The molecule has 1 N–H and O–H groups in total. The van der Waals surface area contributed by atoms with Crippen LogP contribution < -0.4 is 5.32 Å². The molecule has 1 heterocycles. The number of carbonyl (C=O) groups excluding carboxylic acids is 1. The van der Waals surface area contributed by atoms with Gasteiger partial charge in [-0.3, -0.25) is 9.78 Å². The van der Waals surface area contributed by atoms with Gasteiger partial charge in [0.15, 0.2) is 0 Å². The summed E-state index contributed by atoms with van der Waals surface area (Å²) in [6, 6.07) is 22.6. The van der Waals surface area contributed by atoms with Gasteiger partial charge in [-0.25, -0.2) is 0 Å². The highest BCUT2D eigenvalue weighted by Gasteiger charge is 2.17. The van der Waals surface area contributed by atoms with Crippen molar-refractivity contribution >= 4 is 46.6 Å². The maximum absolute atomic E-state index is 13.3. The van der Waals surface area contributed by atoms with E-state index in [-0.39, 0.29) is 5.91 Å². The van der Waals surface area contributed by atoms with Gasteiger partial charge in [0.1, 0.15) is 0 Å². The summed E-state index contributed by atoms with van der Waals surface area (Å²) in [5.74, 6) is -0.207. The SMILES string of the molecule is CSc1ccc(C(=O)Nc2ccc(Cl)c(-c3ccccn3)c2)c(-c2cc(Cl)ccc2C)c1. The fourth-order valence-electron chi connectivity index (χ4n) is 3.48. The van der Waals surface area contributed by atoms with Crippen molar-refractivity contribution in [1.82, 2.24) is 4.98 Å². The minimum Gasteiger partial charge on any atom is -0.322 e. The lowest BCUT2D eigenvalue weighted by molar-refractivity contribution is 0.102. The maximum Gasteiger partial charge on any atom is 0.256 e. The first kappa shape index (κ1) is 22.4. The van der Waals surface area contributed by atoms with Crippen LogP contribution in [0.4, 0.5) is 5.69 Å². The molecule has 0 saturated heterocycles. The van der Waals surface area contributed by atoms with Gasteiger partial charge in [0, 0.05) is 32.9 Å². The number of anilines is 1. The first-order valence-electron chi connectivity index (χ1n) is 9.93. The quantitative estimate of drug-likeness (QED) is 0.295. The monoisotopic (exact) mass is 478 g/mol. The number of halogens is 2. The third-order valence-corrected chi connectivity index (χ3v) is 6.42. The first-order chi connectivity index (χ1) is 15.5. The molecule has 0 radical (unpaired) electrons. The summed E-state index contributed by atoms with van der Waals surface area (Å²) >= 11 is 14.3. The van der Waals surface area contributed by atoms with Crippen molar-refractivity contribution in [2.24, 2.45) is 0 Å². The molecule has 0 fully saturated rings. The summed E-state index contributed by atoms with van der Waals surface area (Å²) in [4.78, 5) is 18.8. The molecule has 0 aliphatic carbocycles. The highest BCUT2D eigenvalue weighted by atomic mass is 35.5. The Morgan fingerprint density at radius 1 is 0.906 bits per heavy atom. The van der Waals surface area contributed by atoms with Gasteiger partial charge in [-0.2, -0.15) is 0 Å². The molecule has 0 aliphatic rings. The Balaban J connectivity index is 1.73. The first-order valence-corrected chi connectivity index (χ1v) is 11.9. The summed E-state index contributed by atoms with van der Waals surface area (Å²) in [7, 11) is 0. The van der Waals surface area contributed by atoms with Crippen molar-refractivity contribution < 1.29 is 4.79 Å². The molecule has 4 aromatic rings. The van der Waals surface area contributed by atoms with Crippen molar-refractivity contribution in [2.75, 3.05) is 11.6 Å². The third kappa shape index (κ3) is 4.83. The number of nitrogens with one attached hydrogen (secondary N) is 1. The van der Waals surface area contributed by atoms with E-state index >= 15 is 0 Å². The van der Waals surface area contributed by atoms with Crippen LogP contribution in [-0.2, 0) is 0 Å². The summed E-state index contributed by atoms with van der Waals surface area (Å²) in [5, 5.41) is 4.21. The number of rotatable bonds is 5. The molecule has 160 valence electrons. The van der Waals surface area contributed by atoms with Crippen LogP contribution in [0.15, 0.2) is 83.9 Å². The summed E-state index contributed by atoms with van der Waals surface area (Å²) in [6.45, 7) is 2.01. The average Bonchev–Trinajstić information content (AvgIpc) is 2.82. The van der Waals surface area contributed by atoms with Gasteiger partial charge >= 0.3 is 0 Å². The van der Waals surface area contributed by atoms with E-state index in [4.69, 9.17) is 23.2 Å². The van der Waals surface area contributed by atoms with Gasteiger partial charge in [-0.15, -0.1) is 11.8 Å². The molecule has 0 atom stereocenters. The Morgan fingerprint density at radius 3 is 2.50 bits per heavy atom. The Kier molecular flexibility index (Phi) is 6.85. The fraction of sp³-hybridized carbons (Fsp3) is 0.0769. The lowest BCUT2D eigenvalue weighted by Gasteiger charge is -2.15. The molecule has 32 heavy (non-hydrogen) atoms. The number of aromatic nitrogens is 1. The normalized spacial score (nSPS) is 10.8. The van der Waals surface area contributed by atoms with E-state index < -0.39 is 0 Å². The number of pyridine rings is 1. The minimum absolute atomic E-state index is 0.207. The Bertz CT molecular complexity index is 1290. The number of aryl methyl sites for hydroxylation is 1. The van der Waals surface area contributed by atoms with Gasteiger partial charge in [-0.1, -0.05) is 35.3 Å². The lowest BCUT2D eigenvalue weighted by Crippen LogP contribution is -2.13. The molecule has 0 aliphatic heterocycles. The van der Waals surface area contributed by atoms with E-state index in [1.807, 2.05) is 73.8 Å². The zero-order valence-electron chi connectivity index (χ0n) is 17.5. The van der Waals surface area contributed by atoms with Crippen LogP contribution in [-0.4, -0.2) is 17.1 Å². The molecule has 0 saturated carbocycles. The van der Waals surface area contributed by atoms with Crippen molar-refractivity contribution in [3.8, 4) is 22.4 Å². The Labute approximate surface area is 201 Å². The van der Waals surface area contributed by atoms with Crippen molar-refractivity contribution in [3.05, 3.63) is 100 Å². The summed E-state index contributed by atoms with van der Waals surface area (Å²) in [6.07, 6.45) is 3.72. The van der Waals surface area contributed by atoms with Crippen LogP contribution in [0.3, 0.4) is 0 Å². The lowest BCUT2D eigenvalue weighted by atomic mass is 9.95. The number of hydrogen-bond donors (Lipinski definition) is 1. The molecule has 0 unspecified atom stereocenters. The molecular formula is C26H20Cl2N2OS. The van der Waals surface area contributed by atoms with E-state index in [9.17, 15) is 4.79 Å². The van der Waals surface area contributed by atoms with Crippen LogP contribution in [0, 0.1) is 6.92 Å². The minimum atomic E-state index is -0.207. The largest absolute Gasteiger partial charge is 0.322 e. The zero-order valence-corrected chi connectivity index (χ0v) is 19.9. The van der Waals surface area contributed by atoms with E-state index in [1.165, 1.54) is 0 Å². The smallest absolute Gasteiger partial charge is 0.256 e. The van der Waals surface area contributed by atoms with Crippen LogP contribution >= 0.6 is 35.0 Å². The highest BCUT2D eigenvalue weighted by molar-refractivity contribution is 7.98. The van der Waals surface area contributed by atoms with Crippen LogP contribution in [0.5, 0.6) is 0 Å². The van der Waals surface area contributed by atoms with Crippen molar-refractivity contribution in [1.29, 1.82) is 0 Å². The topological polar surface area (TPSA) is 42.0 Å². The number of nitrogens with zero attached hydrogens (tertiary/aromatic N) is 1. The number of thioether (sulfide) groups is 1. The maximum atomic E-state index is 13.3. The molecule has 0 spiro atoms. The molecule has 4 rings (SSSR count).